The fraction of sp³-hybridized carbons (Fsp3) is 0.538. The van der Waals surface area contributed by atoms with E-state index in [1.54, 1.807) is 19.2 Å². The second kappa shape index (κ2) is 5.87. The van der Waals surface area contributed by atoms with Crippen LogP contribution in [-0.2, 0) is 0 Å². The van der Waals surface area contributed by atoms with E-state index in [4.69, 9.17) is 9.47 Å². The van der Waals surface area contributed by atoms with Crippen molar-refractivity contribution in [3.8, 4) is 11.5 Å². The SMILES string of the molecule is COc1cc(OC)c(C(C)CO)cc1C(C)F. The number of hydrogen-bond donors (Lipinski definition) is 1. The van der Waals surface area contributed by atoms with Gasteiger partial charge in [0.2, 0.25) is 0 Å². The summed E-state index contributed by atoms with van der Waals surface area (Å²) >= 11 is 0. The summed E-state index contributed by atoms with van der Waals surface area (Å²) in [7, 11) is 3.04. The second-order valence-corrected chi connectivity index (χ2v) is 4.04. The van der Waals surface area contributed by atoms with E-state index < -0.39 is 6.17 Å². The van der Waals surface area contributed by atoms with Gasteiger partial charge in [-0.05, 0) is 18.6 Å². The molecule has 0 heterocycles. The summed E-state index contributed by atoms with van der Waals surface area (Å²) in [6.45, 7) is 3.30. The van der Waals surface area contributed by atoms with Crippen LogP contribution in [0.1, 0.15) is 37.1 Å². The molecule has 1 rings (SSSR count). The van der Waals surface area contributed by atoms with Crippen molar-refractivity contribution < 1.29 is 19.0 Å². The van der Waals surface area contributed by atoms with E-state index in [9.17, 15) is 9.50 Å². The molecule has 0 amide bonds. The van der Waals surface area contributed by atoms with Crippen LogP contribution in [0.3, 0.4) is 0 Å². The molecule has 0 spiro atoms. The summed E-state index contributed by atoms with van der Waals surface area (Å²) < 4.78 is 23.8. The molecule has 0 fully saturated rings. The van der Waals surface area contributed by atoms with Gasteiger partial charge >= 0.3 is 0 Å². The Labute approximate surface area is 101 Å². The lowest BCUT2D eigenvalue weighted by molar-refractivity contribution is 0.269. The third-order valence-electron chi connectivity index (χ3n) is 2.82. The maximum Gasteiger partial charge on any atom is 0.128 e. The molecule has 4 heteroatoms. The van der Waals surface area contributed by atoms with Crippen LogP contribution in [0.25, 0.3) is 0 Å². The molecule has 0 aliphatic rings. The van der Waals surface area contributed by atoms with Gasteiger partial charge in [0.25, 0.3) is 0 Å². The van der Waals surface area contributed by atoms with Gasteiger partial charge in [0, 0.05) is 24.2 Å². The summed E-state index contributed by atoms with van der Waals surface area (Å²) in [6.07, 6.45) is -1.12. The normalized spacial score (nSPS) is 14.2. The molecule has 0 bridgehead atoms. The van der Waals surface area contributed by atoms with Crippen molar-refractivity contribution in [1.82, 2.24) is 0 Å². The molecule has 0 aliphatic carbocycles. The van der Waals surface area contributed by atoms with Crippen molar-refractivity contribution in [2.24, 2.45) is 0 Å². The topological polar surface area (TPSA) is 38.7 Å². The largest absolute Gasteiger partial charge is 0.496 e. The van der Waals surface area contributed by atoms with Crippen LogP contribution in [0.4, 0.5) is 4.39 Å². The quantitative estimate of drug-likeness (QED) is 0.862. The molecule has 0 aromatic heterocycles. The van der Waals surface area contributed by atoms with Gasteiger partial charge in [-0.2, -0.15) is 0 Å². The minimum atomic E-state index is -1.12. The Balaban J connectivity index is 3.33. The van der Waals surface area contributed by atoms with E-state index in [2.05, 4.69) is 0 Å². The van der Waals surface area contributed by atoms with Crippen molar-refractivity contribution in [3.05, 3.63) is 23.3 Å². The number of alkyl halides is 1. The van der Waals surface area contributed by atoms with E-state index in [0.29, 0.717) is 17.1 Å². The summed E-state index contributed by atoms with van der Waals surface area (Å²) in [6, 6.07) is 3.36. The van der Waals surface area contributed by atoms with E-state index in [0.717, 1.165) is 5.56 Å². The van der Waals surface area contributed by atoms with Gasteiger partial charge in [-0.15, -0.1) is 0 Å². The van der Waals surface area contributed by atoms with Crippen LogP contribution in [0.5, 0.6) is 11.5 Å². The number of aliphatic hydroxyl groups is 1. The number of rotatable bonds is 5. The van der Waals surface area contributed by atoms with Crippen molar-refractivity contribution in [2.75, 3.05) is 20.8 Å². The molecule has 0 saturated carbocycles. The number of benzene rings is 1. The lowest BCUT2D eigenvalue weighted by atomic mass is 9.96. The summed E-state index contributed by atoms with van der Waals surface area (Å²) in [5, 5.41) is 9.18. The van der Waals surface area contributed by atoms with Crippen LogP contribution in [-0.4, -0.2) is 25.9 Å². The van der Waals surface area contributed by atoms with Crippen molar-refractivity contribution in [2.45, 2.75) is 25.9 Å². The van der Waals surface area contributed by atoms with E-state index in [1.807, 2.05) is 6.92 Å². The molecule has 1 N–H and O–H groups in total. The van der Waals surface area contributed by atoms with Crippen LogP contribution in [0.2, 0.25) is 0 Å². The van der Waals surface area contributed by atoms with Gasteiger partial charge in [-0.3, -0.25) is 0 Å². The summed E-state index contributed by atoms with van der Waals surface area (Å²) in [5.41, 5.74) is 1.26. The highest BCUT2D eigenvalue weighted by atomic mass is 19.1. The first-order valence-corrected chi connectivity index (χ1v) is 5.55. The van der Waals surface area contributed by atoms with Crippen molar-refractivity contribution in [3.63, 3.8) is 0 Å². The Bertz CT molecular complexity index is 377. The number of methoxy groups -OCH3 is 2. The minimum absolute atomic E-state index is 0.0111. The van der Waals surface area contributed by atoms with Gasteiger partial charge in [0.1, 0.15) is 17.7 Å². The average Bonchev–Trinajstić information content (AvgIpc) is 2.35. The van der Waals surface area contributed by atoms with Gasteiger partial charge < -0.3 is 14.6 Å². The monoisotopic (exact) mass is 242 g/mol. The lowest BCUT2D eigenvalue weighted by Crippen LogP contribution is -2.05. The molecule has 3 nitrogen and oxygen atoms in total. The van der Waals surface area contributed by atoms with Crippen molar-refractivity contribution >= 4 is 0 Å². The Morgan fingerprint density at radius 1 is 1.12 bits per heavy atom. The third-order valence-corrected chi connectivity index (χ3v) is 2.82. The lowest BCUT2D eigenvalue weighted by Gasteiger charge is -2.18. The fourth-order valence-electron chi connectivity index (χ4n) is 1.74. The highest BCUT2D eigenvalue weighted by molar-refractivity contribution is 5.48. The summed E-state index contributed by atoms with van der Waals surface area (Å²) in [5.74, 6) is 0.965. The van der Waals surface area contributed by atoms with Gasteiger partial charge in [-0.25, -0.2) is 4.39 Å². The number of hydrogen-bond acceptors (Lipinski definition) is 3. The number of halogens is 1. The molecule has 1 aromatic rings. The Morgan fingerprint density at radius 2 is 1.65 bits per heavy atom. The van der Waals surface area contributed by atoms with E-state index in [-0.39, 0.29) is 12.5 Å². The maximum atomic E-state index is 13.5. The van der Waals surface area contributed by atoms with Crippen LogP contribution < -0.4 is 9.47 Å². The third kappa shape index (κ3) is 2.88. The molecule has 0 radical (unpaired) electrons. The molecule has 0 saturated heterocycles. The molecule has 96 valence electrons. The summed E-state index contributed by atoms with van der Waals surface area (Å²) in [4.78, 5) is 0. The minimum Gasteiger partial charge on any atom is -0.496 e. The average molecular weight is 242 g/mol. The molecular weight excluding hydrogens is 223 g/mol. The standard InChI is InChI=1S/C13H19FO3/c1-8(7-15)10-5-11(9(2)14)13(17-4)6-12(10)16-3/h5-6,8-9,15H,7H2,1-4H3. The number of ether oxygens (including phenoxy) is 2. The van der Waals surface area contributed by atoms with Gasteiger partial charge in [-0.1, -0.05) is 6.92 Å². The van der Waals surface area contributed by atoms with Gasteiger partial charge in [0.05, 0.1) is 14.2 Å². The Hall–Kier alpha value is -1.29. The first-order valence-electron chi connectivity index (χ1n) is 5.55. The zero-order valence-electron chi connectivity index (χ0n) is 10.7. The van der Waals surface area contributed by atoms with E-state index >= 15 is 0 Å². The molecule has 0 aliphatic heterocycles. The Morgan fingerprint density at radius 3 is 2.06 bits per heavy atom. The zero-order valence-corrected chi connectivity index (χ0v) is 10.7. The molecule has 2 atom stereocenters. The molecule has 1 aromatic carbocycles. The highest BCUT2D eigenvalue weighted by Gasteiger charge is 2.18. The van der Waals surface area contributed by atoms with Gasteiger partial charge in [0.15, 0.2) is 0 Å². The Kier molecular flexibility index (Phi) is 4.75. The van der Waals surface area contributed by atoms with E-state index in [1.165, 1.54) is 14.0 Å². The predicted octanol–water partition coefficient (Wildman–Crippen LogP) is 2.83. The first kappa shape index (κ1) is 13.8. The van der Waals surface area contributed by atoms with Crippen LogP contribution >= 0.6 is 0 Å². The van der Waals surface area contributed by atoms with Crippen molar-refractivity contribution in [1.29, 1.82) is 0 Å². The van der Waals surface area contributed by atoms with Crippen LogP contribution in [0, 0.1) is 0 Å². The number of aliphatic hydroxyl groups excluding tert-OH is 1. The molecule has 17 heavy (non-hydrogen) atoms. The van der Waals surface area contributed by atoms with Crippen LogP contribution in [0.15, 0.2) is 12.1 Å². The smallest absolute Gasteiger partial charge is 0.128 e. The molecule has 2 unspecified atom stereocenters. The predicted molar refractivity (Wildman–Crippen MR) is 64.6 cm³/mol. The molecular formula is C13H19FO3. The highest BCUT2D eigenvalue weighted by Crippen LogP contribution is 2.37. The zero-order chi connectivity index (χ0) is 13.0. The fourth-order valence-corrected chi connectivity index (χ4v) is 1.74. The second-order valence-electron chi connectivity index (χ2n) is 4.04. The first-order chi connectivity index (χ1) is 8.04. The maximum absolute atomic E-state index is 13.5.